The van der Waals surface area contributed by atoms with Crippen LogP contribution in [0.25, 0.3) is 0 Å². The lowest BCUT2D eigenvalue weighted by Gasteiger charge is -2.35. The minimum Gasteiger partial charge on any atom is -0.494 e. The fourth-order valence-corrected chi connectivity index (χ4v) is 6.75. The van der Waals surface area contributed by atoms with Gasteiger partial charge in [-0.15, -0.1) is 0 Å². The van der Waals surface area contributed by atoms with E-state index in [1.165, 1.54) is 4.90 Å². The number of amides is 4. The van der Waals surface area contributed by atoms with E-state index in [1.54, 1.807) is 0 Å². The zero-order chi connectivity index (χ0) is 31.9. The van der Waals surface area contributed by atoms with Crippen molar-refractivity contribution in [2.24, 2.45) is 11.7 Å². The predicted molar refractivity (Wildman–Crippen MR) is 163 cm³/mol. The molecule has 2 aliphatic heterocycles. The van der Waals surface area contributed by atoms with E-state index in [-0.39, 0.29) is 43.5 Å². The molecule has 1 aromatic rings. The lowest BCUT2D eigenvalue weighted by molar-refractivity contribution is -0.144. The van der Waals surface area contributed by atoms with Crippen molar-refractivity contribution in [1.29, 1.82) is 0 Å². The molecule has 2 fully saturated rings. The molecular formula is C33H48N4O7. The lowest BCUT2D eigenvalue weighted by Crippen LogP contribution is -2.58. The number of hydrogen-bond acceptors (Lipinski definition) is 7. The first-order valence-corrected chi connectivity index (χ1v) is 16.1. The molecule has 4 N–H and O–H groups in total. The number of primary amides is 1. The molecule has 1 aromatic carbocycles. The van der Waals surface area contributed by atoms with Gasteiger partial charge in [0.25, 0.3) is 5.91 Å². The van der Waals surface area contributed by atoms with Gasteiger partial charge in [0, 0.05) is 13.0 Å². The van der Waals surface area contributed by atoms with E-state index in [2.05, 4.69) is 10.6 Å². The molecule has 11 heteroatoms. The summed E-state index contributed by atoms with van der Waals surface area (Å²) in [6, 6.07) is 4.61. The van der Waals surface area contributed by atoms with Crippen molar-refractivity contribution in [3.8, 4) is 5.75 Å². The Hall–Kier alpha value is -3.47. The summed E-state index contributed by atoms with van der Waals surface area (Å²) in [7, 11) is 0. The van der Waals surface area contributed by atoms with Crippen molar-refractivity contribution in [1.82, 2.24) is 15.5 Å². The molecule has 4 amide bonds. The molecular weight excluding hydrogens is 564 g/mol. The lowest BCUT2D eigenvalue weighted by atomic mass is 9.83. The van der Waals surface area contributed by atoms with Crippen LogP contribution < -0.4 is 21.1 Å². The van der Waals surface area contributed by atoms with Crippen LogP contribution in [0.4, 0.5) is 0 Å². The smallest absolute Gasteiger partial charge is 0.287 e. The van der Waals surface area contributed by atoms with Crippen LogP contribution in [0, 0.1) is 5.92 Å². The molecule has 4 bridgehead atoms. The molecule has 1 saturated heterocycles. The van der Waals surface area contributed by atoms with Crippen molar-refractivity contribution in [3.05, 3.63) is 29.8 Å². The van der Waals surface area contributed by atoms with Crippen LogP contribution in [0.3, 0.4) is 0 Å². The van der Waals surface area contributed by atoms with Crippen LogP contribution in [0.1, 0.15) is 90.5 Å². The average Bonchev–Trinajstić information content (AvgIpc) is 3.40. The predicted octanol–water partition coefficient (Wildman–Crippen LogP) is 2.57. The molecule has 11 nitrogen and oxygen atoms in total. The molecule has 4 atom stereocenters. The summed E-state index contributed by atoms with van der Waals surface area (Å²) < 4.78 is 12.5. The van der Waals surface area contributed by atoms with Crippen LogP contribution in [-0.2, 0) is 35.1 Å². The summed E-state index contributed by atoms with van der Waals surface area (Å²) in [6.07, 6.45) is 6.63. The second kappa shape index (κ2) is 15.0. The van der Waals surface area contributed by atoms with Crippen LogP contribution in [0.15, 0.2) is 24.3 Å². The minimum absolute atomic E-state index is 0.0682. The van der Waals surface area contributed by atoms with Crippen LogP contribution in [-0.4, -0.2) is 77.3 Å². The average molecular weight is 613 g/mol. The Morgan fingerprint density at radius 3 is 2.59 bits per heavy atom. The number of nitrogens with zero attached hydrogens (tertiary/aromatic N) is 1. The number of nitrogens with two attached hydrogens (primary N) is 1. The Labute approximate surface area is 260 Å². The highest BCUT2D eigenvalue weighted by atomic mass is 16.5. The van der Waals surface area contributed by atoms with Gasteiger partial charge >= 0.3 is 0 Å². The molecule has 0 radical (unpaired) electrons. The van der Waals surface area contributed by atoms with E-state index < -0.39 is 47.4 Å². The van der Waals surface area contributed by atoms with E-state index in [0.29, 0.717) is 31.6 Å². The summed E-state index contributed by atoms with van der Waals surface area (Å²) in [4.78, 5) is 67.2. The van der Waals surface area contributed by atoms with Gasteiger partial charge < -0.3 is 30.7 Å². The minimum atomic E-state index is -1.12. The summed E-state index contributed by atoms with van der Waals surface area (Å²) in [6.45, 7) is 6.44. The Kier molecular flexibility index (Phi) is 11.4. The number of benzene rings is 1. The Morgan fingerprint density at radius 1 is 1.14 bits per heavy atom. The maximum absolute atomic E-state index is 14.4. The largest absolute Gasteiger partial charge is 0.494 e. The molecule has 0 spiro atoms. The zero-order valence-corrected chi connectivity index (χ0v) is 26.3. The van der Waals surface area contributed by atoms with Gasteiger partial charge in [-0.3, -0.25) is 24.0 Å². The van der Waals surface area contributed by atoms with Gasteiger partial charge in [-0.25, -0.2) is 0 Å². The number of nitrogens with one attached hydrogen (secondary N) is 2. The maximum atomic E-state index is 14.4. The number of rotatable bonds is 7. The molecule has 1 aliphatic carbocycles. The molecule has 2 unspecified atom stereocenters. The van der Waals surface area contributed by atoms with Crippen molar-refractivity contribution < 1.29 is 33.4 Å². The van der Waals surface area contributed by atoms with E-state index in [9.17, 15) is 24.0 Å². The van der Waals surface area contributed by atoms with Crippen molar-refractivity contribution in [2.75, 3.05) is 13.2 Å². The Morgan fingerprint density at radius 2 is 1.89 bits per heavy atom. The number of fused-ring (bicyclic) bond motifs is 4. The zero-order valence-electron chi connectivity index (χ0n) is 26.3. The van der Waals surface area contributed by atoms with E-state index in [1.807, 2.05) is 45.0 Å². The normalized spacial score (nSPS) is 25.7. The van der Waals surface area contributed by atoms with E-state index in [4.69, 9.17) is 15.2 Å². The van der Waals surface area contributed by atoms with Gasteiger partial charge in [-0.2, -0.15) is 0 Å². The SMILES string of the molecule is CCCC(NC(=O)[C@@H]1C[C@@H]2CN1C(=O)C(C1CCCCC1)NC(=O)Cc1cccc(c1)OCCCC(C)(C)O2)C(=O)C(N)=O. The third-order valence-electron chi connectivity index (χ3n) is 8.95. The van der Waals surface area contributed by atoms with Gasteiger partial charge in [0.2, 0.25) is 23.5 Å². The highest BCUT2D eigenvalue weighted by molar-refractivity contribution is 6.37. The van der Waals surface area contributed by atoms with Gasteiger partial charge in [0.15, 0.2) is 0 Å². The topological polar surface area (TPSA) is 157 Å². The second-order valence-electron chi connectivity index (χ2n) is 13.0. The standard InChI is InChI=1S/C33H48N4O7/c1-4-10-25(29(39)30(34)40)35-31(41)26-19-24-20-37(26)32(42)28(22-12-6-5-7-13-22)36-27(38)18-21-11-8-14-23(17-21)43-16-9-15-33(2,3)44-24/h8,11,14,17,22,24-26,28H,4-7,9-10,12-13,15-16,18-20H2,1-3H3,(H2,34,40)(H,35,41)(H,36,38)/t24-,25?,26+,28?/m1/s1. The number of ketones is 1. The summed E-state index contributed by atoms with van der Waals surface area (Å²) in [5.74, 6) is -2.51. The highest BCUT2D eigenvalue weighted by Crippen LogP contribution is 2.32. The van der Waals surface area contributed by atoms with Crippen LogP contribution in [0.2, 0.25) is 0 Å². The number of ether oxygens (including phenoxy) is 2. The third-order valence-corrected chi connectivity index (χ3v) is 8.95. The van der Waals surface area contributed by atoms with Gasteiger partial charge in [0.1, 0.15) is 17.8 Å². The van der Waals surface area contributed by atoms with E-state index in [0.717, 1.165) is 37.7 Å². The Balaban J connectivity index is 1.66. The fraction of sp³-hybridized carbons (Fsp3) is 0.667. The van der Waals surface area contributed by atoms with Crippen LogP contribution >= 0.6 is 0 Å². The van der Waals surface area contributed by atoms with Gasteiger partial charge in [0.05, 0.1) is 30.8 Å². The van der Waals surface area contributed by atoms with Crippen LogP contribution in [0.5, 0.6) is 5.75 Å². The monoisotopic (exact) mass is 612 g/mol. The number of carbonyl (C=O) groups is 5. The molecule has 4 rings (SSSR count). The van der Waals surface area contributed by atoms with Crippen molar-refractivity contribution in [3.63, 3.8) is 0 Å². The molecule has 3 aliphatic rings. The first-order valence-electron chi connectivity index (χ1n) is 16.1. The van der Waals surface area contributed by atoms with Crippen molar-refractivity contribution in [2.45, 2.75) is 121 Å². The second-order valence-corrected chi connectivity index (χ2v) is 13.0. The quantitative estimate of drug-likeness (QED) is 0.400. The summed E-state index contributed by atoms with van der Waals surface area (Å²) in [5, 5.41) is 5.73. The summed E-state index contributed by atoms with van der Waals surface area (Å²) in [5.41, 5.74) is 5.48. The van der Waals surface area contributed by atoms with Gasteiger partial charge in [-0.1, -0.05) is 44.7 Å². The third kappa shape index (κ3) is 8.80. The van der Waals surface area contributed by atoms with Gasteiger partial charge in [-0.05, 0) is 69.6 Å². The number of Topliss-reactive ketones (excluding diaryl/α,β-unsaturated/α-hetero) is 1. The molecule has 242 valence electrons. The number of carbonyl (C=O) groups excluding carboxylic acids is 5. The first-order chi connectivity index (χ1) is 21.0. The van der Waals surface area contributed by atoms with Crippen molar-refractivity contribution >= 4 is 29.4 Å². The van der Waals surface area contributed by atoms with E-state index >= 15 is 0 Å². The number of hydrogen-bond donors (Lipinski definition) is 3. The molecule has 2 heterocycles. The fourth-order valence-electron chi connectivity index (χ4n) is 6.75. The molecule has 0 aromatic heterocycles. The maximum Gasteiger partial charge on any atom is 0.287 e. The first kappa shape index (κ1) is 33.4. The molecule has 44 heavy (non-hydrogen) atoms. The highest BCUT2D eigenvalue weighted by Gasteiger charge is 2.46. The summed E-state index contributed by atoms with van der Waals surface area (Å²) >= 11 is 0. The Bertz CT molecular complexity index is 1210. The molecule has 1 saturated carbocycles.